The summed E-state index contributed by atoms with van der Waals surface area (Å²) in [7, 11) is -3.02. The molecule has 0 aromatic heterocycles. The summed E-state index contributed by atoms with van der Waals surface area (Å²) < 4.78 is 32.8. The van der Waals surface area contributed by atoms with E-state index in [2.05, 4.69) is 12.1 Å². The molecule has 0 amide bonds. The predicted octanol–water partition coefficient (Wildman–Crippen LogP) is -0.0761. The second-order valence-corrected chi connectivity index (χ2v) is 3.59. The van der Waals surface area contributed by atoms with Crippen molar-refractivity contribution in [3.8, 4) is 0 Å². The third kappa shape index (κ3) is 12.2. The molecule has 0 aliphatic carbocycles. The van der Waals surface area contributed by atoms with Crippen LogP contribution in [0.15, 0.2) is 30.3 Å². The summed E-state index contributed by atoms with van der Waals surface area (Å²) in [5, 5.41) is 1.35. The lowest BCUT2D eigenvalue weighted by Gasteiger charge is -1.88. The van der Waals surface area contributed by atoms with Gasteiger partial charge in [-0.05, 0) is 12.1 Å². The van der Waals surface area contributed by atoms with Gasteiger partial charge in [0.25, 0.3) is 0 Å². The van der Waals surface area contributed by atoms with Gasteiger partial charge in [0.2, 0.25) is 10.4 Å². The van der Waals surface area contributed by atoms with Crippen molar-refractivity contribution in [2.24, 2.45) is 0 Å². The molecule has 0 aliphatic heterocycles. The molecule has 68 valence electrons. The van der Waals surface area contributed by atoms with Crippen LogP contribution in [0.25, 0.3) is 0 Å². The summed E-state index contributed by atoms with van der Waals surface area (Å²) in [6.07, 6.45) is 0. The van der Waals surface area contributed by atoms with Gasteiger partial charge in [0.15, 0.2) is 0 Å². The normalized spacial score (nSPS) is 10.2. The fourth-order valence-corrected chi connectivity index (χ4v) is 0.750. The molecule has 1 aromatic carbocycles. The van der Waals surface area contributed by atoms with Gasteiger partial charge in [0.05, 0.1) is 5.30 Å². The first-order valence-corrected chi connectivity index (χ1v) is 5.02. The number of benzene rings is 1. The Kier molecular flexibility index (Phi) is 5.01. The molecule has 0 spiro atoms. The summed E-state index contributed by atoms with van der Waals surface area (Å²) in [6, 6.07) is 10.3. The van der Waals surface area contributed by atoms with E-state index in [0.717, 1.165) is 0 Å². The topological polar surface area (TPSA) is 77.4 Å². The van der Waals surface area contributed by atoms with Crippen molar-refractivity contribution in [1.82, 2.24) is 0 Å². The molecule has 1 rings (SSSR count). The first-order chi connectivity index (χ1) is 5.39. The lowest BCUT2D eigenvalue weighted by atomic mass is 10.4. The van der Waals surface area contributed by atoms with Gasteiger partial charge < -0.3 is 4.55 Å². The molecule has 0 saturated carbocycles. The van der Waals surface area contributed by atoms with Crippen LogP contribution in [-0.4, -0.2) is 17.5 Å². The highest BCUT2D eigenvalue weighted by Gasteiger charge is 1.78. The Hall–Kier alpha value is -0.480. The lowest BCUT2D eigenvalue weighted by molar-refractivity contribution is 0.366. The minimum Gasteiger partial charge on any atom is -0.726 e. The Labute approximate surface area is 73.4 Å². The summed E-state index contributed by atoms with van der Waals surface area (Å²) in [6.45, 7) is 0. The smallest absolute Gasteiger partial charge is 0.215 e. The summed E-state index contributed by atoms with van der Waals surface area (Å²) in [5.41, 5.74) is 0. The zero-order valence-corrected chi connectivity index (χ0v) is 8.40. The molecule has 0 radical (unpaired) electrons. The Bertz CT molecular complexity index is 300. The minimum absolute atomic E-state index is 1.35. The number of hydrogen-bond acceptors (Lipinski definition) is 3. The second-order valence-electron chi connectivity index (χ2n) is 1.91. The van der Waals surface area contributed by atoms with E-state index in [1.165, 1.54) is 5.30 Å². The van der Waals surface area contributed by atoms with Crippen LogP contribution in [0, 0.1) is 0 Å². The quantitative estimate of drug-likeness (QED) is 0.367. The van der Waals surface area contributed by atoms with Gasteiger partial charge in [0, 0.05) is 9.24 Å². The van der Waals surface area contributed by atoms with E-state index in [1.54, 1.807) is 0 Å². The molecule has 12 heavy (non-hydrogen) atoms. The van der Waals surface area contributed by atoms with E-state index in [4.69, 9.17) is 17.5 Å². The summed E-state index contributed by atoms with van der Waals surface area (Å²) in [5.74, 6) is 0. The third-order valence-electron chi connectivity index (χ3n) is 0.843. The van der Waals surface area contributed by atoms with E-state index in [9.17, 15) is 0 Å². The van der Waals surface area contributed by atoms with E-state index in [0.29, 0.717) is 0 Å². The predicted molar refractivity (Wildman–Crippen MR) is 49.5 cm³/mol. The highest BCUT2D eigenvalue weighted by atomic mass is 32.3. The lowest BCUT2D eigenvalue weighted by Crippen LogP contribution is -1.90. The van der Waals surface area contributed by atoms with Crippen molar-refractivity contribution in [3.63, 3.8) is 0 Å². The third-order valence-corrected chi connectivity index (χ3v) is 1.31. The van der Waals surface area contributed by atoms with Crippen molar-refractivity contribution in [2.75, 3.05) is 0 Å². The molecule has 1 unspecified atom stereocenters. The Morgan fingerprint density at radius 3 is 1.75 bits per heavy atom. The molecule has 6 heteroatoms. The van der Waals surface area contributed by atoms with E-state index in [1.807, 2.05) is 27.4 Å². The van der Waals surface area contributed by atoms with Gasteiger partial charge in [-0.25, -0.2) is 8.42 Å². The van der Waals surface area contributed by atoms with Crippen molar-refractivity contribution in [1.29, 1.82) is 0 Å². The van der Waals surface area contributed by atoms with Gasteiger partial charge in [-0.2, -0.15) is 0 Å². The highest BCUT2D eigenvalue weighted by Crippen LogP contribution is 1.86. The molecule has 0 bridgehead atoms. The Morgan fingerprint density at radius 2 is 1.58 bits per heavy atom. The van der Waals surface area contributed by atoms with Crippen LogP contribution in [0.3, 0.4) is 0 Å². The maximum atomic E-state index is 8.63. The van der Waals surface area contributed by atoms with Crippen LogP contribution < -0.4 is 5.30 Å². The Balaban J connectivity index is 0.000000217. The molecular formula is C6H9O4PS. The van der Waals surface area contributed by atoms with Crippen LogP contribution in [0.4, 0.5) is 0 Å². The monoisotopic (exact) mass is 208 g/mol. The minimum atomic E-state index is -4.92. The molecule has 0 heterocycles. The van der Waals surface area contributed by atoms with Crippen LogP contribution in [-0.2, 0) is 10.4 Å². The molecule has 1 N–H and O–H groups in total. The highest BCUT2D eigenvalue weighted by molar-refractivity contribution is 7.79. The van der Waals surface area contributed by atoms with Crippen molar-refractivity contribution >= 4 is 24.9 Å². The summed E-state index contributed by atoms with van der Waals surface area (Å²) >= 11 is 0. The second kappa shape index (κ2) is 5.22. The van der Waals surface area contributed by atoms with Gasteiger partial charge in [-0.3, -0.25) is 4.55 Å². The van der Waals surface area contributed by atoms with Crippen molar-refractivity contribution in [3.05, 3.63) is 30.3 Å². The fourth-order valence-electron chi connectivity index (χ4n) is 0.478. The van der Waals surface area contributed by atoms with Gasteiger partial charge in [-0.15, -0.1) is 0 Å². The van der Waals surface area contributed by atoms with Crippen LogP contribution in [0.5, 0.6) is 0 Å². The maximum absolute atomic E-state index is 8.63. The SMILES string of the molecule is O=S(=O)([O-])O.[PH3+]c1ccccc1. The molecule has 0 saturated heterocycles. The Morgan fingerprint density at radius 1 is 1.25 bits per heavy atom. The maximum Gasteiger partial charge on any atom is 0.215 e. The van der Waals surface area contributed by atoms with Gasteiger partial charge >= 0.3 is 0 Å². The fraction of sp³-hybridized carbons (Fsp3) is 0. The molecule has 0 fully saturated rings. The van der Waals surface area contributed by atoms with Crippen LogP contribution >= 0.6 is 9.24 Å². The zero-order valence-electron chi connectivity index (χ0n) is 6.17. The van der Waals surface area contributed by atoms with Gasteiger partial charge in [0.1, 0.15) is 0 Å². The standard InChI is InChI=1S/C6H7P.H2O4S/c7-6-4-2-1-3-5-6;1-5(2,3)4/h1-5H,7H2;(H2,1,2,3,4). The van der Waals surface area contributed by atoms with Crippen LogP contribution in [0.2, 0.25) is 0 Å². The molecule has 4 nitrogen and oxygen atoms in total. The number of hydrogen-bond donors (Lipinski definition) is 1. The van der Waals surface area contributed by atoms with E-state index in [-0.39, 0.29) is 0 Å². The molecule has 1 aromatic rings. The van der Waals surface area contributed by atoms with E-state index < -0.39 is 10.4 Å². The zero-order chi connectivity index (χ0) is 9.61. The van der Waals surface area contributed by atoms with E-state index >= 15 is 0 Å². The average molecular weight is 208 g/mol. The molecular weight excluding hydrogens is 199 g/mol. The average Bonchev–Trinajstić information content (AvgIpc) is 1.85. The van der Waals surface area contributed by atoms with Crippen molar-refractivity contribution in [2.45, 2.75) is 0 Å². The first kappa shape index (κ1) is 11.5. The van der Waals surface area contributed by atoms with Crippen molar-refractivity contribution < 1.29 is 17.5 Å². The van der Waals surface area contributed by atoms with Crippen LogP contribution in [0.1, 0.15) is 0 Å². The molecule has 0 aliphatic rings. The number of rotatable bonds is 0. The summed E-state index contributed by atoms with van der Waals surface area (Å²) in [4.78, 5) is 0. The molecule has 1 atom stereocenters. The first-order valence-electron chi connectivity index (χ1n) is 2.95. The van der Waals surface area contributed by atoms with Gasteiger partial charge in [-0.1, -0.05) is 18.2 Å². The largest absolute Gasteiger partial charge is 0.726 e.